The summed E-state index contributed by atoms with van der Waals surface area (Å²) in [4.78, 5) is 2.15. The SMILES string of the molecule is CCn1cc(CN(CCO)Cc2ccc(Cl)c(Cl)c2)cn1. The summed E-state index contributed by atoms with van der Waals surface area (Å²) in [6.07, 6.45) is 3.89. The van der Waals surface area contributed by atoms with Crippen molar-refractivity contribution in [1.82, 2.24) is 14.7 Å². The fourth-order valence-corrected chi connectivity index (χ4v) is 2.49. The minimum atomic E-state index is 0.114. The minimum absolute atomic E-state index is 0.114. The van der Waals surface area contributed by atoms with Crippen LogP contribution in [-0.4, -0.2) is 32.9 Å². The molecule has 0 aliphatic rings. The summed E-state index contributed by atoms with van der Waals surface area (Å²) in [5, 5.41) is 14.6. The highest BCUT2D eigenvalue weighted by atomic mass is 35.5. The fraction of sp³-hybridized carbons (Fsp3) is 0.400. The standard InChI is InChI=1S/C15H19Cl2N3O/c1-2-20-11-13(8-18-20)10-19(5-6-21)9-12-3-4-14(16)15(17)7-12/h3-4,7-8,11,21H,2,5-6,9-10H2,1H3. The third-order valence-electron chi connectivity index (χ3n) is 3.22. The summed E-state index contributed by atoms with van der Waals surface area (Å²) in [6, 6.07) is 5.61. The zero-order valence-electron chi connectivity index (χ0n) is 12.0. The molecule has 1 heterocycles. The molecule has 0 atom stereocenters. The first-order valence-corrected chi connectivity index (χ1v) is 7.66. The second-order valence-electron chi connectivity index (χ2n) is 4.89. The predicted molar refractivity (Wildman–Crippen MR) is 85.6 cm³/mol. The molecule has 21 heavy (non-hydrogen) atoms. The van der Waals surface area contributed by atoms with Crippen LogP contribution >= 0.6 is 23.2 Å². The maximum Gasteiger partial charge on any atom is 0.0595 e. The number of aromatic nitrogens is 2. The molecule has 1 aromatic carbocycles. The maximum absolute atomic E-state index is 9.23. The van der Waals surface area contributed by atoms with E-state index in [2.05, 4.69) is 16.9 Å². The van der Waals surface area contributed by atoms with Gasteiger partial charge in [0.25, 0.3) is 0 Å². The van der Waals surface area contributed by atoms with Gasteiger partial charge >= 0.3 is 0 Å². The number of aliphatic hydroxyl groups is 1. The normalized spacial score (nSPS) is 11.3. The topological polar surface area (TPSA) is 41.3 Å². The van der Waals surface area contributed by atoms with Crippen molar-refractivity contribution in [3.8, 4) is 0 Å². The van der Waals surface area contributed by atoms with E-state index in [0.717, 1.165) is 24.2 Å². The molecule has 0 aliphatic carbocycles. The molecule has 0 aliphatic heterocycles. The Morgan fingerprint density at radius 1 is 1.19 bits per heavy atom. The van der Waals surface area contributed by atoms with E-state index in [1.54, 1.807) is 6.07 Å². The lowest BCUT2D eigenvalue weighted by Gasteiger charge is -2.20. The van der Waals surface area contributed by atoms with Gasteiger partial charge in [0, 0.05) is 37.9 Å². The molecule has 114 valence electrons. The quantitative estimate of drug-likeness (QED) is 0.849. The van der Waals surface area contributed by atoms with Crippen LogP contribution in [0.2, 0.25) is 10.0 Å². The van der Waals surface area contributed by atoms with E-state index < -0.39 is 0 Å². The van der Waals surface area contributed by atoms with Gasteiger partial charge in [0.15, 0.2) is 0 Å². The van der Waals surface area contributed by atoms with E-state index in [-0.39, 0.29) is 6.61 Å². The van der Waals surface area contributed by atoms with Crippen molar-refractivity contribution in [2.24, 2.45) is 0 Å². The van der Waals surface area contributed by atoms with E-state index in [1.807, 2.05) is 29.2 Å². The molecule has 6 heteroatoms. The number of aliphatic hydroxyl groups excluding tert-OH is 1. The van der Waals surface area contributed by atoms with Crippen LogP contribution in [-0.2, 0) is 19.6 Å². The molecular formula is C15H19Cl2N3O. The molecule has 2 rings (SSSR count). The van der Waals surface area contributed by atoms with Gasteiger partial charge in [-0.25, -0.2) is 0 Å². The van der Waals surface area contributed by atoms with Crippen molar-refractivity contribution >= 4 is 23.2 Å². The van der Waals surface area contributed by atoms with Crippen molar-refractivity contribution in [2.45, 2.75) is 26.6 Å². The van der Waals surface area contributed by atoms with Gasteiger partial charge in [-0.3, -0.25) is 9.58 Å². The van der Waals surface area contributed by atoms with E-state index >= 15 is 0 Å². The molecule has 0 saturated carbocycles. The summed E-state index contributed by atoms with van der Waals surface area (Å²) >= 11 is 12.0. The first-order valence-electron chi connectivity index (χ1n) is 6.91. The molecule has 0 bridgehead atoms. The van der Waals surface area contributed by atoms with Gasteiger partial charge in [-0.05, 0) is 24.6 Å². The molecular weight excluding hydrogens is 309 g/mol. The van der Waals surface area contributed by atoms with Gasteiger partial charge in [-0.2, -0.15) is 5.10 Å². The van der Waals surface area contributed by atoms with Crippen molar-refractivity contribution < 1.29 is 5.11 Å². The molecule has 1 aromatic heterocycles. The number of benzene rings is 1. The fourth-order valence-electron chi connectivity index (χ4n) is 2.17. The first kappa shape index (κ1) is 16.3. The average Bonchev–Trinajstić information content (AvgIpc) is 2.91. The Bertz CT molecular complexity index is 586. The van der Waals surface area contributed by atoms with Gasteiger partial charge < -0.3 is 5.11 Å². The number of rotatable bonds is 7. The van der Waals surface area contributed by atoms with Crippen LogP contribution in [0, 0.1) is 0 Å². The minimum Gasteiger partial charge on any atom is -0.395 e. The Morgan fingerprint density at radius 3 is 2.57 bits per heavy atom. The molecule has 0 saturated heterocycles. The smallest absolute Gasteiger partial charge is 0.0595 e. The van der Waals surface area contributed by atoms with Gasteiger partial charge in [0.2, 0.25) is 0 Å². The zero-order chi connectivity index (χ0) is 15.2. The maximum atomic E-state index is 9.23. The molecule has 2 aromatic rings. The van der Waals surface area contributed by atoms with E-state index in [9.17, 15) is 5.11 Å². The third kappa shape index (κ3) is 4.71. The molecule has 0 fully saturated rings. The number of aryl methyl sites for hydroxylation is 1. The Labute approximate surface area is 134 Å². The summed E-state index contributed by atoms with van der Waals surface area (Å²) in [7, 11) is 0. The molecule has 0 spiro atoms. The van der Waals surface area contributed by atoms with Crippen LogP contribution in [0.3, 0.4) is 0 Å². The van der Waals surface area contributed by atoms with Crippen LogP contribution in [0.1, 0.15) is 18.1 Å². The predicted octanol–water partition coefficient (Wildman–Crippen LogP) is 3.20. The Hall–Kier alpha value is -1.07. The Morgan fingerprint density at radius 2 is 1.95 bits per heavy atom. The highest BCUT2D eigenvalue weighted by Crippen LogP contribution is 2.23. The van der Waals surface area contributed by atoms with Gasteiger partial charge in [-0.15, -0.1) is 0 Å². The zero-order valence-corrected chi connectivity index (χ0v) is 13.5. The largest absolute Gasteiger partial charge is 0.395 e. The number of halogens is 2. The summed E-state index contributed by atoms with van der Waals surface area (Å²) < 4.78 is 1.89. The van der Waals surface area contributed by atoms with E-state index in [0.29, 0.717) is 23.1 Å². The lowest BCUT2D eigenvalue weighted by molar-refractivity contribution is 0.184. The van der Waals surface area contributed by atoms with Crippen molar-refractivity contribution in [2.75, 3.05) is 13.2 Å². The highest BCUT2D eigenvalue weighted by Gasteiger charge is 2.09. The summed E-state index contributed by atoms with van der Waals surface area (Å²) in [6.45, 7) is 5.06. The van der Waals surface area contributed by atoms with Crippen molar-refractivity contribution in [3.63, 3.8) is 0 Å². The van der Waals surface area contributed by atoms with Crippen LogP contribution < -0.4 is 0 Å². The number of nitrogens with zero attached hydrogens (tertiary/aromatic N) is 3. The second kappa shape index (κ2) is 7.80. The van der Waals surface area contributed by atoms with Crippen LogP contribution in [0.15, 0.2) is 30.6 Å². The molecule has 0 amide bonds. The highest BCUT2D eigenvalue weighted by molar-refractivity contribution is 6.42. The van der Waals surface area contributed by atoms with Gasteiger partial charge in [0.05, 0.1) is 22.8 Å². The average molecular weight is 328 g/mol. The van der Waals surface area contributed by atoms with E-state index in [4.69, 9.17) is 23.2 Å². The summed E-state index contributed by atoms with van der Waals surface area (Å²) in [5.74, 6) is 0. The van der Waals surface area contributed by atoms with Gasteiger partial charge in [0.1, 0.15) is 0 Å². The monoisotopic (exact) mass is 327 g/mol. The van der Waals surface area contributed by atoms with Crippen molar-refractivity contribution in [1.29, 1.82) is 0 Å². The lowest BCUT2D eigenvalue weighted by atomic mass is 10.2. The van der Waals surface area contributed by atoms with Gasteiger partial charge in [-0.1, -0.05) is 29.3 Å². The van der Waals surface area contributed by atoms with Crippen molar-refractivity contribution in [3.05, 3.63) is 51.8 Å². The number of hydrogen-bond acceptors (Lipinski definition) is 3. The molecule has 0 radical (unpaired) electrons. The van der Waals surface area contributed by atoms with Crippen LogP contribution in [0.5, 0.6) is 0 Å². The van der Waals surface area contributed by atoms with Crippen LogP contribution in [0.25, 0.3) is 0 Å². The third-order valence-corrected chi connectivity index (χ3v) is 3.96. The second-order valence-corrected chi connectivity index (χ2v) is 5.70. The molecule has 4 nitrogen and oxygen atoms in total. The molecule has 0 unspecified atom stereocenters. The van der Waals surface area contributed by atoms with E-state index in [1.165, 1.54) is 0 Å². The molecule has 1 N–H and O–H groups in total. The number of hydrogen-bond donors (Lipinski definition) is 1. The lowest BCUT2D eigenvalue weighted by Crippen LogP contribution is -2.25. The Balaban J connectivity index is 2.05. The van der Waals surface area contributed by atoms with Crippen LogP contribution in [0.4, 0.5) is 0 Å². The first-order chi connectivity index (χ1) is 10.1. The Kier molecular flexibility index (Phi) is 6.06. The summed E-state index contributed by atoms with van der Waals surface area (Å²) in [5.41, 5.74) is 2.20.